The molecule has 1 heterocycles. The van der Waals surface area contributed by atoms with Crippen LogP contribution in [-0.2, 0) is 15.9 Å². The van der Waals surface area contributed by atoms with E-state index in [1.54, 1.807) is 7.11 Å². The molecule has 5 nitrogen and oxygen atoms in total. The van der Waals surface area contributed by atoms with Gasteiger partial charge < -0.3 is 19.7 Å². The van der Waals surface area contributed by atoms with Crippen molar-refractivity contribution in [1.29, 1.82) is 0 Å². The largest absolute Gasteiger partial charge is 0.385 e. The van der Waals surface area contributed by atoms with Gasteiger partial charge in [-0.25, -0.2) is 0 Å². The maximum absolute atomic E-state index is 5.96. The SMILES string of the molecule is CN=C(NCC(C)(C)Cc1ccccc1)N1CCC(OCCCOC)CC1. The van der Waals surface area contributed by atoms with Crippen LogP contribution in [0.3, 0.4) is 0 Å². The average molecular weight is 376 g/mol. The minimum Gasteiger partial charge on any atom is -0.385 e. The summed E-state index contributed by atoms with van der Waals surface area (Å²) in [7, 11) is 3.61. The molecular formula is C22H37N3O2. The van der Waals surface area contributed by atoms with E-state index in [1.165, 1.54) is 5.56 Å². The van der Waals surface area contributed by atoms with Crippen molar-refractivity contribution in [3.8, 4) is 0 Å². The Hall–Kier alpha value is -1.59. The number of benzene rings is 1. The number of nitrogens with zero attached hydrogens (tertiary/aromatic N) is 2. The van der Waals surface area contributed by atoms with Crippen LogP contribution in [0.15, 0.2) is 35.3 Å². The number of aliphatic imine (C=N–C) groups is 1. The molecule has 0 aliphatic carbocycles. The highest BCUT2D eigenvalue weighted by Crippen LogP contribution is 2.21. The first-order valence-corrected chi connectivity index (χ1v) is 10.1. The fourth-order valence-electron chi connectivity index (χ4n) is 3.55. The summed E-state index contributed by atoms with van der Waals surface area (Å²) in [4.78, 5) is 6.86. The van der Waals surface area contributed by atoms with E-state index in [0.29, 0.717) is 6.10 Å². The van der Waals surface area contributed by atoms with E-state index < -0.39 is 0 Å². The lowest BCUT2D eigenvalue weighted by Crippen LogP contribution is -2.49. The molecule has 1 saturated heterocycles. The second kappa shape index (κ2) is 11.3. The van der Waals surface area contributed by atoms with E-state index in [1.807, 2.05) is 7.05 Å². The third-order valence-electron chi connectivity index (χ3n) is 5.05. The van der Waals surface area contributed by atoms with Crippen molar-refractivity contribution < 1.29 is 9.47 Å². The second-order valence-corrected chi connectivity index (χ2v) is 8.13. The molecule has 1 N–H and O–H groups in total. The molecule has 1 aliphatic rings. The second-order valence-electron chi connectivity index (χ2n) is 8.13. The maximum Gasteiger partial charge on any atom is 0.193 e. The molecule has 0 aromatic heterocycles. The minimum atomic E-state index is 0.167. The zero-order chi connectivity index (χ0) is 19.5. The van der Waals surface area contributed by atoms with Crippen LogP contribution in [0.5, 0.6) is 0 Å². The molecule has 27 heavy (non-hydrogen) atoms. The quantitative estimate of drug-likeness (QED) is 0.408. The number of guanidine groups is 1. The normalized spacial score (nSPS) is 16.6. The summed E-state index contributed by atoms with van der Waals surface area (Å²) in [6.07, 6.45) is 4.50. The summed E-state index contributed by atoms with van der Waals surface area (Å²) in [6, 6.07) is 10.7. The summed E-state index contributed by atoms with van der Waals surface area (Å²) >= 11 is 0. The summed E-state index contributed by atoms with van der Waals surface area (Å²) in [5.74, 6) is 1.01. The van der Waals surface area contributed by atoms with E-state index in [4.69, 9.17) is 9.47 Å². The number of hydrogen-bond acceptors (Lipinski definition) is 3. The first kappa shape index (κ1) is 21.7. The predicted molar refractivity (Wildman–Crippen MR) is 112 cm³/mol. The zero-order valence-electron chi connectivity index (χ0n) is 17.5. The van der Waals surface area contributed by atoms with Crippen molar-refractivity contribution >= 4 is 5.96 Å². The molecule has 2 rings (SSSR count). The average Bonchev–Trinajstić information content (AvgIpc) is 2.67. The van der Waals surface area contributed by atoms with Gasteiger partial charge in [-0.15, -0.1) is 0 Å². The Morgan fingerprint density at radius 3 is 2.52 bits per heavy atom. The van der Waals surface area contributed by atoms with Crippen LogP contribution in [0.2, 0.25) is 0 Å². The lowest BCUT2D eigenvalue weighted by atomic mass is 9.86. The lowest BCUT2D eigenvalue weighted by Gasteiger charge is -2.35. The van der Waals surface area contributed by atoms with Gasteiger partial charge in [-0.3, -0.25) is 4.99 Å². The van der Waals surface area contributed by atoms with Crippen molar-refractivity contribution in [1.82, 2.24) is 10.2 Å². The van der Waals surface area contributed by atoms with Gasteiger partial charge >= 0.3 is 0 Å². The molecular weight excluding hydrogens is 338 g/mol. The molecule has 0 saturated carbocycles. The Bertz CT molecular complexity index is 552. The smallest absolute Gasteiger partial charge is 0.193 e. The summed E-state index contributed by atoms with van der Waals surface area (Å²) < 4.78 is 11.0. The third kappa shape index (κ3) is 7.89. The predicted octanol–water partition coefficient (Wildman–Crippen LogP) is 3.35. The van der Waals surface area contributed by atoms with E-state index in [2.05, 4.69) is 59.4 Å². The zero-order valence-corrected chi connectivity index (χ0v) is 17.5. The van der Waals surface area contributed by atoms with Crippen LogP contribution < -0.4 is 5.32 Å². The molecule has 1 aromatic carbocycles. The standard InChI is InChI=1S/C22H37N3O2/c1-22(2,17-19-9-6-5-7-10-19)18-24-21(23-3)25-13-11-20(12-14-25)27-16-8-15-26-4/h5-7,9-10,20H,8,11-18H2,1-4H3,(H,23,24). The van der Waals surface area contributed by atoms with Gasteiger partial charge in [0.1, 0.15) is 0 Å². The van der Waals surface area contributed by atoms with Crippen LogP contribution in [0.1, 0.15) is 38.7 Å². The monoisotopic (exact) mass is 375 g/mol. The van der Waals surface area contributed by atoms with Crippen LogP contribution in [0.4, 0.5) is 0 Å². The van der Waals surface area contributed by atoms with E-state index in [-0.39, 0.29) is 5.41 Å². The molecule has 1 aliphatic heterocycles. The molecule has 0 unspecified atom stereocenters. The van der Waals surface area contributed by atoms with Crippen molar-refractivity contribution in [2.75, 3.05) is 47.0 Å². The fraction of sp³-hybridized carbons (Fsp3) is 0.682. The number of hydrogen-bond donors (Lipinski definition) is 1. The van der Waals surface area contributed by atoms with Crippen molar-refractivity contribution in [3.63, 3.8) is 0 Å². The van der Waals surface area contributed by atoms with Gasteiger partial charge in [0.25, 0.3) is 0 Å². The molecule has 1 aromatic rings. The van der Waals surface area contributed by atoms with Crippen molar-refractivity contribution in [2.24, 2.45) is 10.4 Å². The number of methoxy groups -OCH3 is 1. The van der Waals surface area contributed by atoms with Crippen LogP contribution in [0, 0.1) is 5.41 Å². The number of likely N-dealkylation sites (tertiary alicyclic amines) is 1. The fourth-order valence-corrected chi connectivity index (χ4v) is 3.55. The number of ether oxygens (including phenoxy) is 2. The summed E-state index contributed by atoms with van der Waals surface area (Å²) in [5, 5.41) is 3.59. The molecule has 1 fully saturated rings. The van der Waals surface area contributed by atoms with Gasteiger partial charge in [0, 0.05) is 47.0 Å². The Kier molecular flexibility index (Phi) is 9.08. The molecule has 152 valence electrons. The lowest BCUT2D eigenvalue weighted by molar-refractivity contribution is 0.00984. The number of nitrogens with one attached hydrogen (secondary N) is 1. The Labute approximate surface area is 165 Å². The van der Waals surface area contributed by atoms with Gasteiger partial charge in [0.15, 0.2) is 5.96 Å². The molecule has 0 atom stereocenters. The van der Waals surface area contributed by atoms with Crippen molar-refractivity contribution in [3.05, 3.63) is 35.9 Å². The Balaban J connectivity index is 1.74. The third-order valence-corrected chi connectivity index (χ3v) is 5.05. The van der Waals surface area contributed by atoms with Gasteiger partial charge in [-0.1, -0.05) is 44.2 Å². The molecule has 0 radical (unpaired) electrons. The van der Waals surface area contributed by atoms with E-state index >= 15 is 0 Å². The van der Waals surface area contributed by atoms with Gasteiger partial charge in [0.2, 0.25) is 0 Å². The highest BCUT2D eigenvalue weighted by molar-refractivity contribution is 5.80. The Morgan fingerprint density at radius 1 is 1.19 bits per heavy atom. The van der Waals surface area contributed by atoms with Crippen LogP contribution in [-0.4, -0.2) is 64.0 Å². The van der Waals surface area contributed by atoms with Crippen LogP contribution >= 0.6 is 0 Å². The highest BCUT2D eigenvalue weighted by atomic mass is 16.5. The molecule has 0 bridgehead atoms. The summed E-state index contributed by atoms with van der Waals surface area (Å²) in [5.41, 5.74) is 1.55. The van der Waals surface area contributed by atoms with E-state index in [0.717, 1.165) is 64.5 Å². The van der Waals surface area contributed by atoms with Gasteiger partial charge in [0.05, 0.1) is 6.10 Å². The molecule has 0 spiro atoms. The highest BCUT2D eigenvalue weighted by Gasteiger charge is 2.24. The van der Waals surface area contributed by atoms with Crippen molar-refractivity contribution in [2.45, 2.75) is 45.6 Å². The summed E-state index contributed by atoms with van der Waals surface area (Å²) in [6.45, 7) is 9.07. The first-order valence-electron chi connectivity index (χ1n) is 10.1. The molecule has 0 amide bonds. The first-order chi connectivity index (χ1) is 13.0. The van der Waals surface area contributed by atoms with Gasteiger partial charge in [-0.05, 0) is 36.7 Å². The van der Waals surface area contributed by atoms with E-state index in [9.17, 15) is 0 Å². The van der Waals surface area contributed by atoms with Gasteiger partial charge in [-0.2, -0.15) is 0 Å². The maximum atomic E-state index is 5.96. The Morgan fingerprint density at radius 2 is 1.89 bits per heavy atom. The van der Waals surface area contributed by atoms with Crippen LogP contribution in [0.25, 0.3) is 0 Å². The topological polar surface area (TPSA) is 46.1 Å². The number of piperidine rings is 1. The minimum absolute atomic E-state index is 0.167. The molecule has 5 heteroatoms. The number of rotatable bonds is 9.